The molecule has 0 radical (unpaired) electrons. The van der Waals surface area contributed by atoms with E-state index in [1.165, 1.54) is 0 Å². The normalized spacial score (nSPS) is 12.5. The molecule has 0 heterocycles. The lowest BCUT2D eigenvalue weighted by Gasteiger charge is -2.13. The Morgan fingerprint density at radius 1 is 1.29 bits per heavy atom. The molecule has 126 valence electrons. The highest BCUT2D eigenvalue weighted by molar-refractivity contribution is 7.98. The summed E-state index contributed by atoms with van der Waals surface area (Å²) in [6, 6.07) is 14.5. The number of carbonyl (C=O) groups is 1. The quantitative estimate of drug-likeness (QED) is 0.355. The molecule has 2 rings (SSSR count). The number of amidine groups is 1. The summed E-state index contributed by atoms with van der Waals surface area (Å²) in [5, 5.41) is 7.17. The number of benzene rings is 2. The lowest BCUT2D eigenvalue weighted by atomic mass is 10.2. The lowest BCUT2D eigenvalue weighted by Crippen LogP contribution is -2.27. The topological polar surface area (TPSA) is 76.7 Å². The molecule has 1 atom stereocenters. The van der Waals surface area contributed by atoms with Crippen LogP contribution in [-0.4, -0.2) is 24.1 Å². The molecule has 1 unspecified atom stereocenters. The maximum atomic E-state index is 12.2. The van der Waals surface area contributed by atoms with Crippen LogP contribution in [0.25, 0.3) is 0 Å². The Hall–Kier alpha value is -2.18. The van der Waals surface area contributed by atoms with Crippen LogP contribution < -0.4 is 11.1 Å². The molecule has 5 nitrogen and oxygen atoms in total. The van der Waals surface area contributed by atoms with Gasteiger partial charge in [-0.05, 0) is 37.4 Å². The average Bonchev–Trinajstić information content (AvgIpc) is 2.59. The van der Waals surface area contributed by atoms with Gasteiger partial charge in [0.25, 0.3) is 5.91 Å². The van der Waals surface area contributed by atoms with Crippen molar-refractivity contribution >= 4 is 40.8 Å². The summed E-state index contributed by atoms with van der Waals surface area (Å²) in [6.45, 7) is 1.60. The van der Waals surface area contributed by atoms with Crippen LogP contribution in [0.1, 0.15) is 12.5 Å². The van der Waals surface area contributed by atoms with Gasteiger partial charge in [0.05, 0.1) is 5.69 Å². The summed E-state index contributed by atoms with van der Waals surface area (Å²) in [4.78, 5) is 18.4. The summed E-state index contributed by atoms with van der Waals surface area (Å²) in [5.41, 5.74) is 7.20. The van der Waals surface area contributed by atoms with Crippen molar-refractivity contribution in [2.45, 2.75) is 17.9 Å². The highest BCUT2D eigenvalue weighted by Gasteiger charge is 2.16. The summed E-state index contributed by atoms with van der Waals surface area (Å²) < 4.78 is 0. The van der Waals surface area contributed by atoms with E-state index >= 15 is 0 Å². The second-order valence-electron chi connectivity index (χ2n) is 4.92. The summed E-state index contributed by atoms with van der Waals surface area (Å²) >= 11 is 7.45. The number of anilines is 1. The number of nitrogens with two attached hydrogens (primary N) is 1. The van der Waals surface area contributed by atoms with Gasteiger partial charge in [-0.15, -0.1) is 11.8 Å². The molecule has 0 saturated heterocycles. The maximum Gasteiger partial charge on any atom is 0.268 e. The number of halogens is 1. The van der Waals surface area contributed by atoms with E-state index in [2.05, 4.69) is 10.5 Å². The molecule has 0 bridgehead atoms. The van der Waals surface area contributed by atoms with Crippen molar-refractivity contribution in [3.63, 3.8) is 0 Å². The highest BCUT2D eigenvalue weighted by Crippen LogP contribution is 2.24. The molecule has 0 fully saturated rings. The minimum atomic E-state index is -0.794. The van der Waals surface area contributed by atoms with Crippen LogP contribution in [0.15, 0.2) is 58.6 Å². The van der Waals surface area contributed by atoms with E-state index in [1.54, 1.807) is 43.0 Å². The number of carbonyl (C=O) groups excluding carboxylic acids is 1. The predicted molar refractivity (Wildman–Crippen MR) is 99.6 cm³/mol. The van der Waals surface area contributed by atoms with Crippen molar-refractivity contribution in [3.8, 4) is 0 Å². The number of amides is 1. The summed E-state index contributed by atoms with van der Waals surface area (Å²) in [5.74, 6) is -0.152. The van der Waals surface area contributed by atoms with Crippen molar-refractivity contribution < 1.29 is 9.63 Å². The van der Waals surface area contributed by atoms with Crippen LogP contribution >= 0.6 is 23.4 Å². The van der Waals surface area contributed by atoms with E-state index in [9.17, 15) is 4.79 Å². The van der Waals surface area contributed by atoms with Crippen molar-refractivity contribution in [2.75, 3.05) is 11.6 Å². The SMILES string of the molecule is CSc1ccccc1NC(=O)C(C)O/N=C(\N)c1cccc(Cl)c1. The molecule has 24 heavy (non-hydrogen) atoms. The van der Waals surface area contributed by atoms with Crippen molar-refractivity contribution in [2.24, 2.45) is 10.9 Å². The van der Waals surface area contributed by atoms with E-state index in [-0.39, 0.29) is 11.7 Å². The lowest BCUT2D eigenvalue weighted by molar-refractivity contribution is -0.126. The van der Waals surface area contributed by atoms with Crippen LogP contribution in [0.2, 0.25) is 5.02 Å². The van der Waals surface area contributed by atoms with Crippen LogP contribution in [0.5, 0.6) is 0 Å². The fourth-order valence-corrected chi connectivity index (χ4v) is 2.61. The van der Waals surface area contributed by atoms with Gasteiger partial charge in [-0.1, -0.05) is 41.0 Å². The first-order valence-electron chi connectivity index (χ1n) is 7.20. The number of nitrogens with one attached hydrogen (secondary N) is 1. The summed E-state index contributed by atoms with van der Waals surface area (Å²) in [6.07, 6.45) is 1.15. The van der Waals surface area contributed by atoms with E-state index < -0.39 is 6.10 Å². The average molecular weight is 364 g/mol. The molecule has 0 aliphatic carbocycles. The van der Waals surface area contributed by atoms with Crippen LogP contribution in [0.3, 0.4) is 0 Å². The first kappa shape index (κ1) is 18.2. The number of rotatable bonds is 6. The fraction of sp³-hybridized carbons (Fsp3) is 0.176. The van der Waals surface area contributed by atoms with E-state index in [4.69, 9.17) is 22.2 Å². The number of para-hydroxylation sites is 1. The third-order valence-corrected chi connectivity index (χ3v) is 4.19. The molecule has 3 N–H and O–H groups in total. The van der Waals surface area contributed by atoms with Crippen molar-refractivity contribution in [3.05, 3.63) is 59.1 Å². The molecule has 2 aromatic carbocycles. The second-order valence-corrected chi connectivity index (χ2v) is 6.21. The first-order valence-corrected chi connectivity index (χ1v) is 8.80. The minimum Gasteiger partial charge on any atom is -0.381 e. The van der Waals surface area contributed by atoms with Gasteiger partial charge >= 0.3 is 0 Å². The number of hydrogen-bond donors (Lipinski definition) is 2. The predicted octanol–water partition coefficient (Wildman–Crippen LogP) is 3.73. The zero-order valence-corrected chi connectivity index (χ0v) is 14.9. The molecule has 0 spiro atoms. The Labute approximate surface area is 150 Å². The molecular formula is C17H18ClN3O2S. The Morgan fingerprint density at radius 2 is 2.04 bits per heavy atom. The standard InChI is InChI=1S/C17H18ClN3O2S/c1-11(17(22)20-14-8-3-4-9-15(14)24-2)23-21-16(19)12-6-5-7-13(18)10-12/h3-11H,1-2H3,(H2,19,21)(H,20,22). The number of oxime groups is 1. The van der Waals surface area contributed by atoms with Gasteiger partial charge < -0.3 is 15.9 Å². The highest BCUT2D eigenvalue weighted by atomic mass is 35.5. The Kier molecular flexibility index (Phi) is 6.52. The van der Waals surface area contributed by atoms with Crippen molar-refractivity contribution in [1.29, 1.82) is 0 Å². The second kappa shape index (κ2) is 8.61. The maximum absolute atomic E-state index is 12.2. The first-order chi connectivity index (χ1) is 11.5. The third kappa shape index (κ3) is 4.91. The summed E-state index contributed by atoms with van der Waals surface area (Å²) in [7, 11) is 0. The van der Waals surface area contributed by atoms with E-state index in [0.717, 1.165) is 10.6 Å². The molecule has 0 saturated carbocycles. The van der Waals surface area contributed by atoms with Gasteiger partial charge in [-0.25, -0.2) is 0 Å². The molecule has 1 amide bonds. The number of nitrogens with zero attached hydrogens (tertiary/aromatic N) is 1. The van der Waals surface area contributed by atoms with E-state index in [1.807, 2.05) is 30.5 Å². The zero-order chi connectivity index (χ0) is 17.5. The number of thioether (sulfide) groups is 1. The molecule has 0 aliphatic heterocycles. The zero-order valence-electron chi connectivity index (χ0n) is 13.3. The van der Waals surface area contributed by atoms with Gasteiger partial charge in [0.1, 0.15) is 0 Å². The van der Waals surface area contributed by atoms with Crippen LogP contribution in [0.4, 0.5) is 5.69 Å². The molecule has 0 aliphatic rings. The van der Waals surface area contributed by atoms with Crippen molar-refractivity contribution in [1.82, 2.24) is 0 Å². The van der Waals surface area contributed by atoms with Gasteiger partial charge in [0.15, 0.2) is 5.84 Å². The largest absolute Gasteiger partial charge is 0.381 e. The Balaban J connectivity index is 2.00. The molecule has 0 aromatic heterocycles. The molecular weight excluding hydrogens is 346 g/mol. The van der Waals surface area contributed by atoms with Gasteiger partial charge in [0, 0.05) is 15.5 Å². The number of hydrogen-bond acceptors (Lipinski definition) is 4. The minimum absolute atomic E-state index is 0.154. The Bertz CT molecular complexity index is 752. The van der Waals surface area contributed by atoms with Gasteiger partial charge in [0.2, 0.25) is 6.10 Å². The van der Waals surface area contributed by atoms with Gasteiger partial charge in [-0.2, -0.15) is 0 Å². The van der Waals surface area contributed by atoms with E-state index in [0.29, 0.717) is 10.6 Å². The Morgan fingerprint density at radius 3 is 2.75 bits per heavy atom. The van der Waals surface area contributed by atoms with Crippen LogP contribution in [-0.2, 0) is 9.63 Å². The molecule has 7 heteroatoms. The third-order valence-electron chi connectivity index (χ3n) is 3.16. The smallest absolute Gasteiger partial charge is 0.268 e. The van der Waals surface area contributed by atoms with Gasteiger partial charge in [-0.3, -0.25) is 4.79 Å². The fourth-order valence-electron chi connectivity index (χ4n) is 1.87. The van der Waals surface area contributed by atoms with Crippen LogP contribution in [0, 0.1) is 0 Å². The monoisotopic (exact) mass is 363 g/mol. The molecule has 2 aromatic rings.